The van der Waals surface area contributed by atoms with Gasteiger partial charge in [0.05, 0.1) is 18.8 Å². The maximum absolute atomic E-state index is 14.0. The van der Waals surface area contributed by atoms with Gasteiger partial charge in [0.2, 0.25) is 17.7 Å². The fourth-order valence-corrected chi connectivity index (χ4v) is 5.79. The fraction of sp³-hybridized carbons (Fsp3) is 0.538. The highest BCUT2D eigenvalue weighted by molar-refractivity contribution is 5.97. The molecular weight excluding hydrogens is 684 g/mol. The first-order valence-electron chi connectivity index (χ1n) is 18.2. The Bertz CT molecular complexity index is 1560. The SMILES string of the molecule is CCOc1ccc(C[C@H](NC(=O)[C@](C)(CC)NC(=O)[C@H](CCCCOC(=O)c2ccccc2)NC(=O)OC(C)(C)C)C(=O)N2CCC[C@@H]2C(=O)O)cc1. The highest BCUT2D eigenvalue weighted by Crippen LogP contribution is 2.22. The van der Waals surface area contributed by atoms with Gasteiger partial charge < -0.3 is 40.2 Å². The molecule has 0 aliphatic carbocycles. The smallest absolute Gasteiger partial charge is 0.408 e. The minimum absolute atomic E-state index is 0.0607. The lowest BCUT2D eigenvalue weighted by molar-refractivity contribution is -0.149. The number of alkyl carbamates (subject to hydrolysis) is 1. The van der Waals surface area contributed by atoms with Crippen LogP contribution in [-0.2, 0) is 35.1 Å². The summed E-state index contributed by atoms with van der Waals surface area (Å²) in [5.41, 5.74) is -1.25. The number of likely N-dealkylation sites (tertiary alicyclic amines) is 1. The van der Waals surface area contributed by atoms with Crippen LogP contribution >= 0.6 is 0 Å². The molecular formula is C39H54N4O10. The number of rotatable bonds is 18. The van der Waals surface area contributed by atoms with E-state index in [0.29, 0.717) is 49.2 Å². The molecule has 4 N–H and O–H groups in total. The van der Waals surface area contributed by atoms with Gasteiger partial charge in [-0.1, -0.05) is 37.3 Å². The summed E-state index contributed by atoms with van der Waals surface area (Å²) in [4.78, 5) is 80.0. The third-order valence-electron chi connectivity index (χ3n) is 8.84. The van der Waals surface area contributed by atoms with Crippen molar-refractivity contribution in [3.63, 3.8) is 0 Å². The number of ether oxygens (including phenoxy) is 3. The first kappa shape index (κ1) is 42.3. The van der Waals surface area contributed by atoms with E-state index in [9.17, 15) is 33.9 Å². The second-order valence-electron chi connectivity index (χ2n) is 14.2. The lowest BCUT2D eigenvalue weighted by Crippen LogP contribution is -2.63. The van der Waals surface area contributed by atoms with Gasteiger partial charge >= 0.3 is 18.0 Å². The molecule has 0 bridgehead atoms. The molecule has 14 nitrogen and oxygen atoms in total. The third-order valence-corrected chi connectivity index (χ3v) is 8.84. The molecule has 0 spiro atoms. The van der Waals surface area contributed by atoms with Crippen molar-refractivity contribution in [1.29, 1.82) is 0 Å². The van der Waals surface area contributed by atoms with Crippen molar-refractivity contribution in [2.45, 2.75) is 116 Å². The number of nitrogens with zero attached hydrogens (tertiary/aromatic N) is 1. The topological polar surface area (TPSA) is 190 Å². The van der Waals surface area contributed by atoms with E-state index in [4.69, 9.17) is 14.2 Å². The van der Waals surface area contributed by atoms with Gasteiger partial charge in [0.25, 0.3) is 0 Å². The van der Waals surface area contributed by atoms with Crippen molar-refractivity contribution in [3.8, 4) is 5.75 Å². The van der Waals surface area contributed by atoms with Gasteiger partial charge in [-0.3, -0.25) is 14.4 Å². The predicted molar refractivity (Wildman–Crippen MR) is 196 cm³/mol. The summed E-state index contributed by atoms with van der Waals surface area (Å²) in [5, 5.41) is 18.0. The zero-order valence-corrected chi connectivity index (χ0v) is 31.6. The summed E-state index contributed by atoms with van der Waals surface area (Å²) in [6, 6.07) is 12.3. The van der Waals surface area contributed by atoms with Crippen molar-refractivity contribution in [2.24, 2.45) is 0 Å². The second kappa shape index (κ2) is 19.6. The van der Waals surface area contributed by atoms with Crippen LogP contribution in [0.5, 0.6) is 5.75 Å². The minimum Gasteiger partial charge on any atom is -0.494 e. The van der Waals surface area contributed by atoms with Gasteiger partial charge in [-0.2, -0.15) is 0 Å². The van der Waals surface area contributed by atoms with E-state index in [-0.39, 0.29) is 32.4 Å². The van der Waals surface area contributed by atoms with Gasteiger partial charge in [0.1, 0.15) is 35.0 Å². The van der Waals surface area contributed by atoms with Crippen LogP contribution < -0.4 is 20.7 Å². The lowest BCUT2D eigenvalue weighted by atomic mass is 9.94. The van der Waals surface area contributed by atoms with Crippen LogP contribution in [0.25, 0.3) is 0 Å². The maximum atomic E-state index is 14.0. The quantitative estimate of drug-likeness (QED) is 0.126. The Labute approximate surface area is 311 Å². The van der Waals surface area contributed by atoms with Gasteiger partial charge in [-0.05, 0) is 103 Å². The van der Waals surface area contributed by atoms with E-state index in [2.05, 4.69) is 16.0 Å². The Morgan fingerprint density at radius 2 is 1.58 bits per heavy atom. The molecule has 3 rings (SSSR count). The number of carboxylic acids is 1. The fourth-order valence-electron chi connectivity index (χ4n) is 5.79. The molecule has 290 valence electrons. The molecule has 4 amide bonds. The average molecular weight is 739 g/mol. The lowest BCUT2D eigenvalue weighted by Gasteiger charge is -2.34. The molecule has 4 atom stereocenters. The number of benzene rings is 2. The summed E-state index contributed by atoms with van der Waals surface area (Å²) in [6.07, 6.45) is 1.08. The van der Waals surface area contributed by atoms with Gasteiger partial charge in [-0.15, -0.1) is 0 Å². The molecule has 1 saturated heterocycles. The Hall–Kier alpha value is -5.14. The molecule has 1 aliphatic rings. The summed E-state index contributed by atoms with van der Waals surface area (Å²) >= 11 is 0. The van der Waals surface area contributed by atoms with Crippen LogP contribution in [-0.4, -0.2) is 94.8 Å². The Morgan fingerprint density at radius 1 is 0.906 bits per heavy atom. The summed E-state index contributed by atoms with van der Waals surface area (Å²) in [6.45, 7) is 10.9. The monoisotopic (exact) mass is 738 g/mol. The largest absolute Gasteiger partial charge is 0.494 e. The number of carbonyl (C=O) groups excluding carboxylic acids is 5. The van der Waals surface area contributed by atoms with E-state index >= 15 is 0 Å². The van der Waals surface area contributed by atoms with Crippen LogP contribution in [0.4, 0.5) is 4.79 Å². The highest BCUT2D eigenvalue weighted by Gasteiger charge is 2.41. The van der Waals surface area contributed by atoms with Crippen LogP contribution in [0.1, 0.15) is 96.0 Å². The summed E-state index contributed by atoms with van der Waals surface area (Å²) in [5.74, 6) is -2.81. The van der Waals surface area contributed by atoms with Crippen molar-refractivity contribution in [2.75, 3.05) is 19.8 Å². The normalized spacial score (nSPS) is 16.3. The Balaban J connectivity index is 1.76. The predicted octanol–water partition coefficient (Wildman–Crippen LogP) is 4.39. The number of hydrogen-bond donors (Lipinski definition) is 4. The van der Waals surface area contributed by atoms with Crippen LogP contribution in [0, 0.1) is 0 Å². The molecule has 53 heavy (non-hydrogen) atoms. The van der Waals surface area contributed by atoms with Crippen molar-refractivity contribution < 1.29 is 48.1 Å². The molecule has 1 heterocycles. The first-order valence-corrected chi connectivity index (χ1v) is 18.2. The number of carboxylic acid groups (broad SMARTS) is 1. The second-order valence-corrected chi connectivity index (χ2v) is 14.2. The van der Waals surface area contributed by atoms with E-state index in [1.165, 1.54) is 11.8 Å². The van der Waals surface area contributed by atoms with Crippen molar-refractivity contribution in [3.05, 3.63) is 65.7 Å². The Kier molecular flexibility index (Phi) is 15.7. The van der Waals surface area contributed by atoms with Crippen LogP contribution in [0.2, 0.25) is 0 Å². The van der Waals surface area contributed by atoms with E-state index in [0.717, 1.165) is 0 Å². The van der Waals surface area contributed by atoms with Crippen molar-refractivity contribution >= 4 is 35.8 Å². The van der Waals surface area contributed by atoms with E-state index < -0.39 is 65.0 Å². The van der Waals surface area contributed by atoms with Gasteiger partial charge in [0.15, 0.2) is 0 Å². The molecule has 0 saturated carbocycles. The van der Waals surface area contributed by atoms with Crippen LogP contribution in [0.3, 0.4) is 0 Å². The number of hydrogen-bond acceptors (Lipinski definition) is 9. The Morgan fingerprint density at radius 3 is 2.19 bits per heavy atom. The molecule has 0 aromatic heterocycles. The zero-order chi connectivity index (χ0) is 39.2. The van der Waals surface area contributed by atoms with E-state index in [1.807, 2.05) is 6.92 Å². The number of esters is 1. The first-order chi connectivity index (χ1) is 25.1. The molecule has 2 aromatic carbocycles. The maximum Gasteiger partial charge on any atom is 0.408 e. The average Bonchev–Trinajstić information content (AvgIpc) is 3.61. The van der Waals surface area contributed by atoms with E-state index in [1.54, 1.807) is 82.3 Å². The summed E-state index contributed by atoms with van der Waals surface area (Å²) in [7, 11) is 0. The molecule has 1 aliphatic heterocycles. The number of aliphatic carboxylic acids is 1. The molecule has 14 heteroatoms. The highest BCUT2D eigenvalue weighted by atomic mass is 16.6. The number of amides is 4. The van der Waals surface area contributed by atoms with Gasteiger partial charge in [0, 0.05) is 13.0 Å². The van der Waals surface area contributed by atoms with Crippen LogP contribution in [0.15, 0.2) is 54.6 Å². The number of nitrogens with one attached hydrogen (secondary N) is 3. The van der Waals surface area contributed by atoms with Crippen molar-refractivity contribution in [1.82, 2.24) is 20.9 Å². The number of unbranched alkanes of at least 4 members (excludes halogenated alkanes) is 1. The molecule has 2 aromatic rings. The number of carbonyl (C=O) groups is 6. The molecule has 1 fully saturated rings. The third kappa shape index (κ3) is 13.1. The molecule has 0 radical (unpaired) electrons. The summed E-state index contributed by atoms with van der Waals surface area (Å²) < 4.78 is 16.3. The molecule has 0 unspecified atom stereocenters. The minimum atomic E-state index is -1.54. The standard InChI is InChI=1S/C39H54N4O10/c1-7-39(6,36(49)40-30(25-26-19-21-28(22-20-26)51-8-2)33(45)43-23-14-18-31(43)34(46)47)42-32(44)29(41-37(50)53-38(3,4)5)17-12-13-24-52-35(48)27-15-10-9-11-16-27/h9-11,15-16,19-22,29-31H,7-8,12-14,17-18,23-25H2,1-6H3,(H,40,49)(H,41,50)(H,42,44)(H,46,47)/t29-,30-,31+,39-/m0/s1. The van der Waals surface area contributed by atoms with Gasteiger partial charge in [-0.25, -0.2) is 14.4 Å². The zero-order valence-electron chi connectivity index (χ0n) is 31.6.